The van der Waals surface area contributed by atoms with Gasteiger partial charge in [-0.05, 0) is 25.5 Å². The van der Waals surface area contributed by atoms with E-state index in [1.54, 1.807) is 25.1 Å². The third kappa shape index (κ3) is 2.21. The normalized spacial score (nSPS) is 17.5. The molecule has 1 aliphatic heterocycles. The molecule has 1 aliphatic rings. The summed E-state index contributed by atoms with van der Waals surface area (Å²) in [7, 11) is -3.62. The van der Waals surface area contributed by atoms with Crippen molar-refractivity contribution in [2.75, 3.05) is 0 Å². The van der Waals surface area contributed by atoms with Gasteiger partial charge in [-0.3, -0.25) is 0 Å². The average Bonchev–Trinajstić information content (AvgIpc) is 2.59. The van der Waals surface area contributed by atoms with E-state index >= 15 is 0 Å². The average molecular weight is 252 g/mol. The number of fused-ring (bicyclic) bond motifs is 1. The third-order valence-corrected chi connectivity index (χ3v) is 3.72. The molecule has 0 N–H and O–H groups in total. The highest BCUT2D eigenvalue weighted by Gasteiger charge is 2.30. The Bertz CT molecular complexity index is 603. The second kappa shape index (κ2) is 4.29. The molecular weight excluding hydrogens is 240 g/mol. The molecule has 5 nitrogen and oxygen atoms in total. The van der Waals surface area contributed by atoms with Crippen LogP contribution in [-0.4, -0.2) is 20.0 Å². The molecule has 0 bridgehead atoms. The van der Waals surface area contributed by atoms with Crippen molar-refractivity contribution in [2.24, 2.45) is 9.55 Å². The molecule has 0 fully saturated rings. The number of hydrogen-bond donors (Lipinski definition) is 0. The van der Waals surface area contributed by atoms with Crippen molar-refractivity contribution in [1.29, 1.82) is 0 Å². The summed E-state index contributed by atoms with van der Waals surface area (Å²) in [5.41, 5.74) is 1.23. The van der Waals surface area contributed by atoms with Gasteiger partial charge in [-0.25, -0.2) is 0 Å². The van der Waals surface area contributed by atoms with Crippen LogP contribution in [0.2, 0.25) is 0 Å². The monoisotopic (exact) mass is 252 g/mol. The minimum atomic E-state index is -3.62. The van der Waals surface area contributed by atoms with Crippen molar-refractivity contribution in [3.05, 3.63) is 29.8 Å². The largest absolute Gasteiger partial charge is 0.335 e. The van der Waals surface area contributed by atoms with Crippen LogP contribution in [0.25, 0.3) is 0 Å². The minimum absolute atomic E-state index is 0.0356. The molecule has 0 atom stereocenters. The molecule has 1 aromatic carbocycles. The zero-order valence-electron chi connectivity index (χ0n) is 9.54. The van der Waals surface area contributed by atoms with Gasteiger partial charge in [-0.2, -0.15) is 8.42 Å². The molecule has 0 aliphatic carbocycles. The van der Waals surface area contributed by atoms with Crippen LogP contribution in [0.4, 0.5) is 0 Å². The van der Waals surface area contributed by atoms with Crippen LogP contribution >= 0.6 is 0 Å². The lowest BCUT2D eigenvalue weighted by Crippen LogP contribution is -2.01. The molecule has 90 valence electrons. The van der Waals surface area contributed by atoms with Gasteiger partial charge in [0.15, 0.2) is 0 Å². The first-order valence-electron chi connectivity index (χ1n) is 5.19. The van der Waals surface area contributed by atoms with Gasteiger partial charge in [-0.1, -0.05) is 24.2 Å². The quantitative estimate of drug-likeness (QED) is 0.596. The van der Waals surface area contributed by atoms with Crippen molar-refractivity contribution in [3.63, 3.8) is 0 Å². The number of oxime groups is 1. The molecule has 0 spiro atoms. The molecule has 0 amide bonds. The number of benzene rings is 1. The fraction of sp³-hybridized carbons (Fsp3) is 0.273. The van der Waals surface area contributed by atoms with Crippen molar-refractivity contribution in [3.8, 4) is 0 Å². The molecule has 1 heterocycles. The summed E-state index contributed by atoms with van der Waals surface area (Å²) in [5, 5.41) is 3.81. The van der Waals surface area contributed by atoms with Gasteiger partial charge in [0, 0.05) is 0 Å². The Balaban J connectivity index is 2.39. The molecular formula is C11H12N2O3S. The highest BCUT2D eigenvalue weighted by molar-refractivity contribution is 7.90. The standard InChI is InChI=1S/C11H12N2O3S/c1-3-8(2)12-16-11-9-6-4-5-7-10(9)17(14,15)13-11/h4-7H,3H2,1-2H3. The lowest BCUT2D eigenvalue weighted by molar-refractivity contribution is 0.329. The van der Waals surface area contributed by atoms with Gasteiger partial charge >= 0.3 is 0 Å². The van der Waals surface area contributed by atoms with E-state index in [9.17, 15) is 8.42 Å². The number of rotatable bonds is 2. The Kier molecular flexibility index (Phi) is 2.97. The molecule has 17 heavy (non-hydrogen) atoms. The van der Waals surface area contributed by atoms with E-state index in [0.717, 1.165) is 12.1 Å². The first-order chi connectivity index (χ1) is 8.04. The second-order valence-electron chi connectivity index (χ2n) is 3.64. The van der Waals surface area contributed by atoms with E-state index in [1.165, 1.54) is 6.07 Å². The van der Waals surface area contributed by atoms with Gasteiger partial charge in [0.25, 0.3) is 15.9 Å². The number of sulfonamides is 1. The lowest BCUT2D eigenvalue weighted by atomic mass is 10.2. The third-order valence-electron chi connectivity index (χ3n) is 2.40. The first kappa shape index (κ1) is 11.8. The zero-order chi connectivity index (χ0) is 12.5. The maximum atomic E-state index is 11.7. The summed E-state index contributed by atoms with van der Waals surface area (Å²) >= 11 is 0. The van der Waals surface area contributed by atoms with Crippen molar-refractivity contribution < 1.29 is 13.3 Å². The zero-order valence-corrected chi connectivity index (χ0v) is 10.4. The fourth-order valence-corrected chi connectivity index (χ4v) is 2.46. The van der Waals surface area contributed by atoms with E-state index in [-0.39, 0.29) is 10.8 Å². The van der Waals surface area contributed by atoms with Gasteiger partial charge in [0.05, 0.1) is 11.3 Å². The predicted molar refractivity (Wildman–Crippen MR) is 64.6 cm³/mol. The van der Waals surface area contributed by atoms with Crippen LogP contribution in [0.1, 0.15) is 25.8 Å². The maximum absolute atomic E-state index is 11.7. The molecule has 0 saturated heterocycles. The van der Waals surface area contributed by atoms with E-state index in [4.69, 9.17) is 4.84 Å². The minimum Gasteiger partial charge on any atom is -0.335 e. The molecule has 6 heteroatoms. The van der Waals surface area contributed by atoms with Gasteiger partial charge < -0.3 is 4.84 Å². The summed E-state index contributed by atoms with van der Waals surface area (Å²) in [6, 6.07) is 6.53. The Labute approximate surface area is 99.9 Å². The van der Waals surface area contributed by atoms with Crippen molar-refractivity contribution in [1.82, 2.24) is 0 Å². The molecule has 0 saturated carbocycles. The molecule has 0 radical (unpaired) electrons. The predicted octanol–water partition coefficient (Wildman–Crippen LogP) is 1.94. The first-order valence-corrected chi connectivity index (χ1v) is 6.63. The highest BCUT2D eigenvalue weighted by Crippen LogP contribution is 2.26. The van der Waals surface area contributed by atoms with E-state index in [1.807, 2.05) is 6.92 Å². The number of hydrogen-bond acceptors (Lipinski definition) is 4. The fourth-order valence-electron chi connectivity index (χ4n) is 1.33. The van der Waals surface area contributed by atoms with Gasteiger partial charge in [0.1, 0.15) is 4.90 Å². The van der Waals surface area contributed by atoms with E-state index in [0.29, 0.717) is 5.56 Å². The summed E-state index contributed by atoms with van der Waals surface area (Å²) in [6.07, 6.45) is 0.738. The van der Waals surface area contributed by atoms with Crippen LogP contribution in [0.3, 0.4) is 0 Å². The molecule has 2 rings (SSSR count). The lowest BCUT2D eigenvalue weighted by Gasteiger charge is -1.99. The van der Waals surface area contributed by atoms with Crippen molar-refractivity contribution >= 4 is 21.6 Å². The highest BCUT2D eigenvalue weighted by atomic mass is 32.2. The Morgan fingerprint density at radius 3 is 2.82 bits per heavy atom. The Morgan fingerprint density at radius 1 is 1.41 bits per heavy atom. The summed E-state index contributed by atoms with van der Waals surface area (Å²) in [5.74, 6) is 0.0356. The Morgan fingerprint density at radius 2 is 2.12 bits per heavy atom. The molecule has 0 unspecified atom stereocenters. The number of nitrogens with zero attached hydrogens (tertiary/aromatic N) is 2. The van der Waals surface area contributed by atoms with Crippen LogP contribution in [0, 0.1) is 0 Å². The van der Waals surface area contributed by atoms with Crippen molar-refractivity contribution in [2.45, 2.75) is 25.2 Å². The van der Waals surface area contributed by atoms with Crippen LogP contribution < -0.4 is 0 Å². The van der Waals surface area contributed by atoms with Crippen LogP contribution in [-0.2, 0) is 14.9 Å². The van der Waals surface area contributed by atoms with Gasteiger partial charge in [0.2, 0.25) is 0 Å². The van der Waals surface area contributed by atoms with E-state index in [2.05, 4.69) is 9.55 Å². The SMILES string of the molecule is CCC(C)=NOC1=NS(=O)(=O)c2ccccc21. The smallest absolute Gasteiger partial charge is 0.286 e. The van der Waals surface area contributed by atoms with Crippen LogP contribution in [0.15, 0.2) is 38.7 Å². The maximum Gasteiger partial charge on any atom is 0.286 e. The van der Waals surface area contributed by atoms with Gasteiger partial charge in [-0.15, -0.1) is 4.40 Å². The summed E-state index contributed by atoms with van der Waals surface area (Å²) in [4.78, 5) is 5.24. The second-order valence-corrected chi connectivity index (χ2v) is 5.21. The summed E-state index contributed by atoms with van der Waals surface area (Å²) in [6.45, 7) is 3.74. The summed E-state index contributed by atoms with van der Waals surface area (Å²) < 4.78 is 26.9. The van der Waals surface area contributed by atoms with E-state index < -0.39 is 10.0 Å². The molecule has 0 aromatic heterocycles. The van der Waals surface area contributed by atoms with Crippen LogP contribution in [0.5, 0.6) is 0 Å². The topological polar surface area (TPSA) is 68.1 Å². The molecule has 1 aromatic rings. The Hall–Kier alpha value is -1.69.